The van der Waals surface area contributed by atoms with Gasteiger partial charge < -0.3 is 0 Å². The van der Waals surface area contributed by atoms with E-state index in [9.17, 15) is 0 Å². The monoisotopic (exact) mass is 226 g/mol. The van der Waals surface area contributed by atoms with Gasteiger partial charge in [-0.15, -0.1) is 0 Å². The SMILES string of the molecule is CCCCCCCC(NN)C1(C)CCCC1. The summed E-state index contributed by atoms with van der Waals surface area (Å²) in [5.41, 5.74) is 3.55. The second-order valence-corrected chi connectivity index (χ2v) is 5.78. The van der Waals surface area contributed by atoms with Gasteiger partial charge in [-0.25, -0.2) is 0 Å². The molecule has 1 unspecified atom stereocenters. The van der Waals surface area contributed by atoms with Gasteiger partial charge in [0.25, 0.3) is 0 Å². The first-order valence-corrected chi connectivity index (χ1v) is 7.19. The van der Waals surface area contributed by atoms with Crippen LogP contribution < -0.4 is 11.3 Å². The zero-order valence-corrected chi connectivity index (χ0v) is 11.2. The van der Waals surface area contributed by atoms with Crippen molar-refractivity contribution < 1.29 is 0 Å². The maximum atomic E-state index is 5.73. The van der Waals surface area contributed by atoms with E-state index in [2.05, 4.69) is 19.3 Å². The molecule has 1 saturated carbocycles. The Labute approximate surface area is 101 Å². The van der Waals surface area contributed by atoms with Gasteiger partial charge in [0.1, 0.15) is 0 Å². The molecule has 1 rings (SSSR count). The minimum Gasteiger partial charge on any atom is -0.271 e. The summed E-state index contributed by atoms with van der Waals surface area (Å²) in [6.07, 6.45) is 13.6. The van der Waals surface area contributed by atoms with Crippen LogP contribution in [0.5, 0.6) is 0 Å². The lowest BCUT2D eigenvalue weighted by molar-refractivity contribution is 0.207. The summed E-state index contributed by atoms with van der Waals surface area (Å²) in [4.78, 5) is 0. The van der Waals surface area contributed by atoms with Crippen LogP contribution in [0, 0.1) is 5.41 Å². The Morgan fingerprint density at radius 1 is 1.12 bits per heavy atom. The average molecular weight is 226 g/mol. The van der Waals surface area contributed by atoms with E-state index in [4.69, 9.17) is 5.84 Å². The second-order valence-electron chi connectivity index (χ2n) is 5.78. The van der Waals surface area contributed by atoms with Crippen molar-refractivity contribution in [3.8, 4) is 0 Å². The quantitative estimate of drug-likeness (QED) is 0.376. The molecule has 1 aliphatic rings. The molecular weight excluding hydrogens is 196 g/mol. The molecule has 2 heteroatoms. The van der Waals surface area contributed by atoms with Gasteiger partial charge >= 0.3 is 0 Å². The Kier molecular flexibility index (Phi) is 6.37. The van der Waals surface area contributed by atoms with Gasteiger partial charge in [0.2, 0.25) is 0 Å². The first-order valence-electron chi connectivity index (χ1n) is 7.19. The van der Waals surface area contributed by atoms with Gasteiger partial charge in [0.15, 0.2) is 0 Å². The first kappa shape index (κ1) is 14.0. The van der Waals surface area contributed by atoms with Crippen molar-refractivity contribution in [1.82, 2.24) is 5.43 Å². The smallest absolute Gasteiger partial charge is 0.0264 e. The van der Waals surface area contributed by atoms with Gasteiger partial charge in [0, 0.05) is 6.04 Å². The molecule has 0 bridgehead atoms. The lowest BCUT2D eigenvalue weighted by Gasteiger charge is -2.33. The average Bonchev–Trinajstić information content (AvgIpc) is 2.71. The summed E-state index contributed by atoms with van der Waals surface area (Å²) in [6.45, 7) is 4.68. The first-order chi connectivity index (χ1) is 7.73. The number of hydrogen-bond acceptors (Lipinski definition) is 2. The van der Waals surface area contributed by atoms with Gasteiger partial charge in [-0.2, -0.15) is 0 Å². The van der Waals surface area contributed by atoms with Crippen molar-refractivity contribution in [3.05, 3.63) is 0 Å². The molecule has 0 aromatic carbocycles. The third-order valence-electron chi connectivity index (χ3n) is 4.38. The fourth-order valence-corrected chi connectivity index (χ4v) is 3.12. The molecule has 1 aliphatic carbocycles. The summed E-state index contributed by atoms with van der Waals surface area (Å²) in [5.74, 6) is 5.73. The van der Waals surface area contributed by atoms with E-state index in [-0.39, 0.29) is 0 Å². The molecule has 96 valence electrons. The van der Waals surface area contributed by atoms with Gasteiger partial charge in [-0.1, -0.05) is 58.8 Å². The zero-order chi connectivity index (χ0) is 11.9. The van der Waals surface area contributed by atoms with Crippen LogP contribution in [0.25, 0.3) is 0 Å². The summed E-state index contributed by atoms with van der Waals surface area (Å²) >= 11 is 0. The van der Waals surface area contributed by atoms with Crippen LogP contribution in [0.15, 0.2) is 0 Å². The Hall–Kier alpha value is -0.0800. The zero-order valence-electron chi connectivity index (χ0n) is 11.2. The lowest BCUT2D eigenvalue weighted by atomic mass is 9.78. The predicted molar refractivity (Wildman–Crippen MR) is 71.1 cm³/mol. The van der Waals surface area contributed by atoms with Gasteiger partial charge in [-0.3, -0.25) is 11.3 Å². The molecule has 3 N–H and O–H groups in total. The minimum absolute atomic E-state index is 0.472. The topological polar surface area (TPSA) is 38.0 Å². The molecule has 1 atom stereocenters. The molecule has 0 aromatic heterocycles. The third kappa shape index (κ3) is 4.06. The predicted octanol–water partition coefficient (Wildman–Crippen LogP) is 3.76. The fraction of sp³-hybridized carbons (Fsp3) is 1.00. The van der Waals surface area contributed by atoms with E-state index in [0.29, 0.717) is 11.5 Å². The number of nitrogens with one attached hydrogen (secondary N) is 1. The molecule has 0 aromatic rings. The molecule has 0 saturated heterocycles. The van der Waals surface area contributed by atoms with Crippen LogP contribution >= 0.6 is 0 Å². The molecule has 1 fully saturated rings. The maximum Gasteiger partial charge on any atom is 0.0264 e. The lowest BCUT2D eigenvalue weighted by Crippen LogP contribution is -2.45. The highest BCUT2D eigenvalue weighted by Crippen LogP contribution is 2.41. The number of nitrogens with two attached hydrogens (primary N) is 1. The highest BCUT2D eigenvalue weighted by Gasteiger charge is 2.35. The van der Waals surface area contributed by atoms with Crippen molar-refractivity contribution in [2.75, 3.05) is 0 Å². The van der Waals surface area contributed by atoms with Crippen LogP contribution in [-0.2, 0) is 0 Å². The van der Waals surface area contributed by atoms with E-state index >= 15 is 0 Å². The third-order valence-corrected chi connectivity index (χ3v) is 4.38. The van der Waals surface area contributed by atoms with Crippen LogP contribution in [0.3, 0.4) is 0 Å². The number of hydrazine groups is 1. The van der Waals surface area contributed by atoms with Crippen LogP contribution in [0.4, 0.5) is 0 Å². The Morgan fingerprint density at radius 3 is 2.31 bits per heavy atom. The van der Waals surface area contributed by atoms with E-state index in [1.165, 1.54) is 64.2 Å². The molecule has 2 nitrogen and oxygen atoms in total. The van der Waals surface area contributed by atoms with Crippen molar-refractivity contribution in [2.45, 2.75) is 84.1 Å². The maximum absolute atomic E-state index is 5.73. The second kappa shape index (κ2) is 7.29. The molecule has 0 spiro atoms. The molecule has 16 heavy (non-hydrogen) atoms. The molecular formula is C14H30N2. The highest BCUT2D eigenvalue weighted by atomic mass is 15.2. The number of rotatable bonds is 8. The Balaban J connectivity index is 2.21. The molecule has 0 aliphatic heterocycles. The highest BCUT2D eigenvalue weighted by molar-refractivity contribution is 4.90. The van der Waals surface area contributed by atoms with Crippen LogP contribution in [-0.4, -0.2) is 6.04 Å². The van der Waals surface area contributed by atoms with E-state index < -0.39 is 0 Å². The summed E-state index contributed by atoms with van der Waals surface area (Å²) in [7, 11) is 0. The van der Waals surface area contributed by atoms with Crippen LogP contribution in [0.1, 0.15) is 78.1 Å². The number of unbranched alkanes of at least 4 members (excludes halogenated alkanes) is 4. The van der Waals surface area contributed by atoms with E-state index in [1.54, 1.807) is 0 Å². The summed E-state index contributed by atoms with van der Waals surface area (Å²) in [5, 5.41) is 0. The Morgan fingerprint density at radius 2 is 1.75 bits per heavy atom. The molecule has 0 amide bonds. The number of hydrogen-bond donors (Lipinski definition) is 2. The normalized spacial score (nSPS) is 21.2. The molecule has 0 radical (unpaired) electrons. The fourth-order valence-electron chi connectivity index (χ4n) is 3.12. The van der Waals surface area contributed by atoms with Gasteiger partial charge in [0.05, 0.1) is 0 Å². The van der Waals surface area contributed by atoms with Gasteiger partial charge in [-0.05, 0) is 24.7 Å². The molecule has 0 heterocycles. The van der Waals surface area contributed by atoms with Crippen molar-refractivity contribution in [2.24, 2.45) is 11.3 Å². The summed E-state index contributed by atoms with van der Waals surface area (Å²) in [6, 6.07) is 0.539. The Bertz CT molecular complexity index is 174. The summed E-state index contributed by atoms with van der Waals surface area (Å²) < 4.78 is 0. The van der Waals surface area contributed by atoms with Crippen molar-refractivity contribution in [1.29, 1.82) is 0 Å². The van der Waals surface area contributed by atoms with Crippen molar-refractivity contribution in [3.63, 3.8) is 0 Å². The minimum atomic E-state index is 0.472. The van der Waals surface area contributed by atoms with E-state index in [1.807, 2.05) is 0 Å². The van der Waals surface area contributed by atoms with Crippen LogP contribution in [0.2, 0.25) is 0 Å². The van der Waals surface area contributed by atoms with Crippen molar-refractivity contribution >= 4 is 0 Å². The standard InChI is InChI=1S/C14H30N2/c1-3-4-5-6-7-10-13(16-15)14(2)11-8-9-12-14/h13,16H,3-12,15H2,1-2H3. The largest absolute Gasteiger partial charge is 0.271 e. The van der Waals surface area contributed by atoms with E-state index in [0.717, 1.165) is 0 Å².